The van der Waals surface area contributed by atoms with Crippen LogP contribution in [0.5, 0.6) is 11.5 Å². The van der Waals surface area contributed by atoms with Gasteiger partial charge < -0.3 is 56.8 Å². The Morgan fingerprint density at radius 3 is 1.23 bits per heavy atom. The zero-order chi connectivity index (χ0) is 81.2. The molecule has 1 amide bonds. The average Bonchev–Trinajstić information content (AvgIpc) is 1.70. The van der Waals surface area contributed by atoms with Gasteiger partial charge in [0.15, 0.2) is 4.45 Å². The molecule has 0 saturated heterocycles. The second-order valence-electron chi connectivity index (χ2n) is 25.8. The third kappa shape index (κ3) is 35.3. The van der Waals surface area contributed by atoms with Gasteiger partial charge in [0.25, 0.3) is 10.4 Å². The Balaban J connectivity index is 0.000000292. The van der Waals surface area contributed by atoms with Crippen LogP contribution in [0.4, 0.5) is 4.79 Å². The van der Waals surface area contributed by atoms with E-state index in [4.69, 9.17) is 42.5 Å². The summed E-state index contributed by atoms with van der Waals surface area (Å²) in [5.41, 5.74) is 8.85. The van der Waals surface area contributed by atoms with Gasteiger partial charge >= 0.3 is 69.1 Å². The van der Waals surface area contributed by atoms with Crippen molar-refractivity contribution in [2.75, 3.05) is 53.4 Å². The van der Waals surface area contributed by atoms with Gasteiger partial charge in [-0.2, -0.15) is 0 Å². The number of alkyl halides is 1. The number of thiocarbonyl (C=S) groups is 2. The molecule has 0 bridgehead atoms. The number of oxazole rings is 2. The number of hydrogen-bond donors (Lipinski definition) is 2. The molecule has 111 heavy (non-hydrogen) atoms. The van der Waals surface area contributed by atoms with E-state index in [2.05, 4.69) is 158 Å². The summed E-state index contributed by atoms with van der Waals surface area (Å²) in [6.07, 6.45) is 21.2. The van der Waals surface area contributed by atoms with E-state index in [0.29, 0.717) is 51.7 Å². The van der Waals surface area contributed by atoms with Gasteiger partial charge in [-0.1, -0.05) is 126 Å². The molecule has 0 spiro atoms. The van der Waals surface area contributed by atoms with Gasteiger partial charge in [-0.25, -0.2) is 14.8 Å². The van der Waals surface area contributed by atoms with Crippen LogP contribution in [-0.2, 0) is 43.3 Å². The van der Waals surface area contributed by atoms with Crippen LogP contribution in [0.25, 0.3) is 22.9 Å². The van der Waals surface area contributed by atoms with Gasteiger partial charge in [-0.05, 0) is 234 Å². The number of aliphatic carboxylic acids is 1. The fraction of sp³-hybridized carbons (Fsp3) is 0.287. The van der Waals surface area contributed by atoms with Gasteiger partial charge in [0.1, 0.15) is 29.1 Å². The predicted octanol–water partition coefficient (Wildman–Crippen LogP) is 21.4. The number of aryl methyl sites for hydroxylation is 4. The second kappa shape index (κ2) is 53.1. The number of benzene rings is 6. The predicted molar refractivity (Wildman–Crippen MR) is 475 cm³/mol. The molecule has 0 aliphatic heterocycles. The summed E-state index contributed by atoms with van der Waals surface area (Å²) < 4.78 is 25.8. The number of phenols is 1. The first-order chi connectivity index (χ1) is 53.4. The Kier molecular flexibility index (Phi) is 45.7. The summed E-state index contributed by atoms with van der Waals surface area (Å²) in [4.78, 5) is 39.5. The monoisotopic (exact) mass is 1710 g/mol. The van der Waals surface area contributed by atoms with Crippen LogP contribution < -0.4 is 4.74 Å². The SMILES string of the molecule is CC.CC(Cc1ccc(O)cc1)n1cccc1.CC(Cc1ccc(OC(=S)N(C)C)cc1)n1cccc1.CC(Cc1ccc(SC(=O)N(C)C)cc1)n1cccc1.CN(C)C(=S)Cl.Cc1oc(-c2ccccc2)nc1CCBr.Cc1oc(-c2ccccc2)nc1CCSc1ccc(CC(C(=O)O)n2cccc2)cc1.[HH].[K][K]. The maximum atomic E-state index is 11.6. The number of halogens is 2. The summed E-state index contributed by atoms with van der Waals surface area (Å²) in [6, 6.07) is 68.5. The molecule has 0 saturated carbocycles. The van der Waals surface area contributed by atoms with Crippen LogP contribution in [0.2, 0.25) is 0 Å². The van der Waals surface area contributed by atoms with Crippen molar-refractivity contribution in [1.29, 1.82) is 0 Å². The van der Waals surface area contributed by atoms with E-state index in [1.807, 2.05) is 187 Å². The van der Waals surface area contributed by atoms with Gasteiger partial charge in [0.2, 0.25) is 11.8 Å². The van der Waals surface area contributed by atoms with Crippen molar-refractivity contribution in [2.24, 2.45) is 0 Å². The number of carboxylic acids is 1. The number of hydrogen-bond acceptors (Lipinski definition) is 12. The number of phenolic OH excluding ortho intramolecular Hbond substituents is 1. The van der Waals surface area contributed by atoms with Crippen LogP contribution in [0.1, 0.15) is 105 Å². The zero-order valence-corrected chi connectivity index (χ0v) is 78.4. The fourth-order valence-corrected chi connectivity index (χ4v) is 12.6. The van der Waals surface area contributed by atoms with Crippen molar-refractivity contribution in [1.82, 2.24) is 42.9 Å². The first-order valence-electron chi connectivity index (χ1n) is 37.1. The van der Waals surface area contributed by atoms with Gasteiger partial charge in [-0.15, -0.1) is 11.8 Å². The van der Waals surface area contributed by atoms with Crippen molar-refractivity contribution in [2.45, 2.75) is 121 Å². The minimum absolute atomic E-state index is 0. The molecule has 0 fully saturated rings. The number of aromatic hydroxyl groups is 1. The van der Waals surface area contributed by atoms with E-state index in [1.54, 1.807) is 83.7 Å². The molecule has 0 aliphatic carbocycles. The number of amides is 1. The van der Waals surface area contributed by atoms with E-state index < -0.39 is 12.0 Å². The molecular formula is C87H105BrClK2N9O7S4. The summed E-state index contributed by atoms with van der Waals surface area (Å²) in [7, 11) is 10.9. The normalized spacial score (nSPS) is 11.4. The Bertz CT molecular complexity index is 4420. The number of aromatic nitrogens is 6. The molecule has 12 rings (SSSR count). The molecule has 0 aliphatic rings. The minimum atomic E-state index is -0.826. The van der Waals surface area contributed by atoms with Crippen molar-refractivity contribution in [3.8, 4) is 34.4 Å². The first kappa shape index (κ1) is 95.5. The standard InChI is InChI=1S/C25H24N2O3S.2C16H20N2OS.C13H15NO.C12H12BrNO.C3H6ClNS.C2H6.2K.H2/c1-18-22(26-24(30-18)20-7-3-2-4-8-20)13-16-31-21-11-9-19(10-12-21)17-23(25(28)29)27-14-5-6-15-27;1-13(18-10-4-5-11-18)12-14-6-8-15(9-7-14)20-16(19)17(2)3;1-13(18-10-4-5-11-18)12-14-6-8-15(9-7-14)19-16(20)17(2)3;1-11(14-8-2-3-9-14)10-12-4-6-13(15)7-5-12;1-9-11(7-8-13)14-12(15-9)10-5-3-2-4-6-10;1-5(2)3(4)6;1-2;;;/h2-12,14-15,23H,13,16-17H2,1H3,(H,28,29);2*4-11,13H,12H2,1-3H3;2-9,11,15H,10H2,1H3;2-6H,7-8H2,1H3;1-2H3;1-2H3;;;1H. The molecule has 6 heterocycles. The molecule has 580 valence electrons. The molecule has 6 aromatic carbocycles. The zero-order valence-electron chi connectivity index (χ0n) is 66.6. The van der Waals surface area contributed by atoms with Crippen molar-refractivity contribution in [3.05, 3.63) is 301 Å². The molecule has 4 atom stereocenters. The molecule has 16 nitrogen and oxygen atoms in total. The van der Waals surface area contributed by atoms with E-state index >= 15 is 0 Å². The number of rotatable bonds is 23. The van der Waals surface area contributed by atoms with Gasteiger partial charge in [0, 0.05) is 163 Å². The molecule has 2 N–H and O–H groups in total. The molecular weight excluding hydrogens is 1600 g/mol. The van der Waals surface area contributed by atoms with E-state index in [1.165, 1.54) is 91.6 Å². The van der Waals surface area contributed by atoms with Crippen LogP contribution in [0.15, 0.2) is 274 Å². The quantitative estimate of drug-likeness (QED) is 0.0155. The van der Waals surface area contributed by atoms with Crippen LogP contribution in [-0.4, -0.2) is 191 Å². The second-order valence-corrected chi connectivity index (χ2v) is 30.1. The van der Waals surface area contributed by atoms with E-state index in [9.17, 15) is 14.7 Å². The van der Waals surface area contributed by atoms with Gasteiger partial charge in [-0.3, -0.25) is 4.79 Å². The maximum absolute atomic E-state index is 11.6. The van der Waals surface area contributed by atoms with E-state index in [-0.39, 0.29) is 6.67 Å². The molecule has 4 unspecified atom stereocenters. The number of thioether (sulfide) groups is 2. The Morgan fingerprint density at radius 1 is 0.523 bits per heavy atom. The number of ether oxygens (including phenoxy) is 1. The number of carboxylic acid groups (broad SMARTS) is 1. The van der Waals surface area contributed by atoms with Crippen molar-refractivity contribution in [3.63, 3.8) is 0 Å². The first-order valence-corrected chi connectivity index (χ1v) is 57.2. The van der Waals surface area contributed by atoms with E-state index in [0.717, 1.165) is 98.3 Å². The Morgan fingerprint density at radius 2 is 0.874 bits per heavy atom. The number of nitrogens with zero attached hydrogens (tertiary/aromatic N) is 9. The summed E-state index contributed by atoms with van der Waals surface area (Å²) in [5, 5.41) is 20.1. The van der Waals surface area contributed by atoms with Crippen molar-refractivity contribution < 1.29 is 34.8 Å². The van der Waals surface area contributed by atoms with Crippen LogP contribution in [0, 0.1) is 13.8 Å². The van der Waals surface area contributed by atoms with Crippen LogP contribution in [0.3, 0.4) is 0 Å². The molecule has 24 heteroatoms. The number of carbonyl (C=O) groups excluding carboxylic acids is 1. The summed E-state index contributed by atoms with van der Waals surface area (Å²) in [5.74, 6) is 4.32. The summed E-state index contributed by atoms with van der Waals surface area (Å²) >= 11 is 23.8. The molecule has 0 radical (unpaired) electrons. The Hall–Kier alpha value is -6.08. The molecule has 6 aromatic heterocycles. The Labute approximate surface area is 737 Å². The summed E-state index contributed by atoms with van der Waals surface area (Å²) in [6.45, 7) is 14.5. The van der Waals surface area contributed by atoms with Gasteiger partial charge in [0.05, 0.1) is 11.4 Å². The average molecular weight is 1710 g/mol. The molecule has 12 aromatic rings. The fourth-order valence-electron chi connectivity index (χ4n) is 10.6. The van der Waals surface area contributed by atoms with Crippen molar-refractivity contribution >= 4 is 159 Å². The van der Waals surface area contributed by atoms with Crippen LogP contribution >= 0.6 is 75.5 Å². The third-order valence-corrected chi connectivity index (χ3v) is 20.3. The topological polar surface area (TPSA) is 165 Å². The number of carbonyl (C=O) groups is 2. The third-order valence-electron chi connectivity index (χ3n) is 16.7.